The van der Waals surface area contributed by atoms with Gasteiger partial charge in [0.1, 0.15) is 5.82 Å². The first kappa shape index (κ1) is 15.0. The number of hydrogen-bond donors (Lipinski definition) is 2. The van der Waals surface area contributed by atoms with E-state index in [0.717, 1.165) is 0 Å². The average Bonchev–Trinajstić information content (AvgIpc) is 2.67. The molecular weight excluding hydrogens is 294 g/mol. The van der Waals surface area contributed by atoms with Crippen LogP contribution in [0.2, 0.25) is 0 Å². The number of aliphatic carboxylic acids is 1. The van der Waals surface area contributed by atoms with Crippen molar-refractivity contribution in [3.63, 3.8) is 0 Å². The number of nitrogens with one attached hydrogen (secondary N) is 1. The lowest BCUT2D eigenvalue weighted by Gasteiger charge is -2.08. The Morgan fingerprint density at radius 1 is 1.33 bits per heavy atom. The number of hydrogen-bond acceptors (Lipinski definition) is 4. The summed E-state index contributed by atoms with van der Waals surface area (Å²) in [4.78, 5) is 10.7. The number of rotatable bonds is 5. The summed E-state index contributed by atoms with van der Waals surface area (Å²) in [5, 5.41) is 12.7. The minimum atomic E-state index is -3.73. The average molecular weight is 309 g/mol. The van der Waals surface area contributed by atoms with Gasteiger partial charge in [0.15, 0.2) is 0 Å². The van der Waals surface area contributed by atoms with Gasteiger partial charge in [-0.25, -0.2) is 8.42 Å². The van der Waals surface area contributed by atoms with Gasteiger partial charge in [-0.15, -0.1) is 0 Å². The van der Waals surface area contributed by atoms with Crippen LogP contribution < -0.4 is 4.72 Å². The van der Waals surface area contributed by atoms with Crippen LogP contribution in [0.3, 0.4) is 0 Å². The van der Waals surface area contributed by atoms with Crippen molar-refractivity contribution in [1.29, 1.82) is 0 Å². The van der Waals surface area contributed by atoms with Crippen LogP contribution in [0.1, 0.15) is 11.3 Å². The first-order chi connectivity index (χ1) is 9.78. The summed E-state index contributed by atoms with van der Waals surface area (Å²) in [6.07, 6.45) is -0.144. The minimum Gasteiger partial charge on any atom is -0.481 e. The van der Waals surface area contributed by atoms with E-state index in [1.807, 2.05) is 0 Å². The SMILES string of the molecule is Cc1cc(NS(=O)(=O)c2ccc(CC(=O)O)cc2)n(C)n1. The summed E-state index contributed by atoms with van der Waals surface area (Å²) in [7, 11) is -2.09. The normalized spacial score (nSPS) is 11.3. The molecule has 1 heterocycles. The van der Waals surface area contributed by atoms with Crippen LogP contribution >= 0.6 is 0 Å². The Morgan fingerprint density at radius 3 is 2.43 bits per heavy atom. The lowest BCUT2D eigenvalue weighted by atomic mass is 10.2. The van der Waals surface area contributed by atoms with Gasteiger partial charge in [0.2, 0.25) is 0 Å². The number of carbonyl (C=O) groups is 1. The molecule has 0 saturated heterocycles. The van der Waals surface area contributed by atoms with Crippen LogP contribution in [0.4, 0.5) is 5.82 Å². The van der Waals surface area contributed by atoms with E-state index < -0.39 is 16.0 Å². The number of carboxylic acids is 1. The molecule has 0 amide bonds. The Morgan fingerprint density at radius 2 is 1.95 bits per heavy atom. The number of carboxylic acid groups (broad SMARTS) is 1. The van der Waals surface area contributed by atoms with Gasteiger partial charge in [0, 0.05) is 13.1 Å². The van der Waals surface area contributed by atoms with Crippen molar-refractivity contribution < 1.29 is 18.3 Å². The highest BCUT2D eigenvalue weighted by molar-refractivity contribution is 7.92. The maximum absolute atomic E-state index is 12.2. The third kappa shape index (κ3) is 3.60. The molecule has 0 atom stereocenters. The smallest absolute Gasteiger partial charge is 0.307 e. The van der Waals surface area contributed by atoms with Crippen LogP contribution in [-0.4, -0.2) is 29.3 Å². The Hall–Kier alpha value is -2.35. The van der Waals surface area contributed by atoms with E-state index >= 15 is 0 Å². The van der Waals surface area contributed by atoms with E-state index in [9.17, 15) is 13.2 Å². The summed E-state index contributed by atoms with van der Waals surface area (Å²) >= 11 is 0. The van der Waals surface area contributed by atoms with Gasteiger partial charge in [-0.3, -0.25) is 14.2 Å². The molecule has 112 valence electrons. The lowest BCUT2D eigenvalue weighted by molar-refractivity contribution is -0.136. The van der Waals surface area contributed by atoms with Gasteiger partial charge in [-0.2, -0.15) is 5.10 Å². The van der Waals surface area contributed by atoms with Crippen LogP contribution in [0, 0.1) is 6.92 Å². The molecular formula is C13H15N3O4S. The Kier molecular flexibility index (Phi) is 3.99. The fraction of sp³-hybridized carbons (Fsp3) is 0.231. The highest BCUT2D eigenvalue weighted by atomic mass is 32.2. The van der Waals surface area contributed by atoms with E-state index in [1.165, 1.54) is 28.9 Å². The summed E-state index contributed by atoms with van der Waals surface area (Å²) in [6, 6.07) is 7.35. The van der Waals surface area contributed by atoms with E-state index in [-0.39, 0.29) is 11.3 Å². The Bertz CT molecular complexity index is 763. The van der Waals surface area contributed by atoms with Gasteiger partial charge in [-0.05, 0) is 24.6 Å². The topological polar surface area (TPSA) is 101 Å². The van der Waals surface area contributed by atoms with E-state index in [4.69, 9.17) is 5.11 Å². The van der Waals surface area contributed by atoms with E-state index in [1.54, 1.807) is 20.0 Å². The van der Waals surface area contributed by atoms with Crippen LogP contribution in [0.25, 0.3) is 0 Å². The molecule has 0 spiro atoms. The molecule has 8 heteroatoms. The van der Waals surface area contributed by atoms with Crippen molar-refractivity contribution in [2.75, 3.05) is 4.72 Å². The van der Waals surface area contributed by atoms with Crippen molar-refractivity contribution in [3.05, 3.63) is 41.6 Å². The molecule has 0 unspecified atom stereocenters. The molecule has 2 rings (SSSR count). The molecule has 0 aliphatic heterocycles. The fourth-order valence-corrected chi connectivity index (χ4v) is 2.94. The molecule has 1 aromatic carbocycles. The standard InChI is InChI=1S/C13H15N3O4S/c1-9-7-12(16(2)14-9)15-21(19,20)11-5-3-10(4-6-11)8-13(17)18/h3-7,15H,8H2,1-2H3,(H,17,18). The van der Waals surface area contributed by atoms with E-state index in [0.29, 0.717) is 17.1 Å². The number of aromatic nitrogens is 2. The number of nitrogens with zero attached hydrogens (tertiary/aromatic N) is 2. The first-order valence-electron chi connectivity index (χ1n) is 6.12. The maximum Gasteiger partial charge on any atom is 0.307 e. The fourth-order valence-electron chi connectivity index (χ4n) is 1.86. The van der Waals surface area contributed by atoms with E-state index in [2.05, 4.69) is 9.82 Å². The lowest BCUT2D eigenvalue weighted by Crippen LogP contribution is -2.15. The predicted molar refractivity (Wildman–Crippen MR) is 76.5 cm³/mol. The second kappa shape index (κ2) is 5.57. The number of anilines is 1. The zero-order valence-corrected chi connectivity index (χ0v) is 12.4. The zero-order chi connectivity index (χ0) is 15.6. The van der Waals surface area contributed by atoms with Crippen molar-refractivity contribution >= 4 is 21.8 Å². The third-order valence-corrected chi connectivity index (χ3v) is 4.20. The molecule has 21 heavy (non-hydrogen) atoms. The number of aryl methyl sites for hydroxylation is 2. The molecule has 0 aliphatic carbocycles. The van der Waals surface area contributed by atoms with Crippen molar-refractivity contribution in [2.45, 2.75) is 18.2 Å². The number of sulfonamides is 1. The van der Waals surface area contributed by atoms with Crippen LogP contribution in [0.5, 0.6) is 0 Å². The monoisotopic (exact) mass is 309 g/mol. The maximum atomic E-state index is 12.2. The quantitative estimate of drug-likeness (QED) is 0.863. The Balaban J connectivity index is 2.23. The molecule has 2 aromatic rings. The van der Waals surface area contributed by atoms with Crippen LogP contribution in [0.15, 0.2) is 35.2 Å². The molecule has 0 saturated carbocycles. The highest BCUT2D eigenvalue weighted by Gasteiger charge is 2.16. The van der Waals surface area contributed by atoms with Crippen LogP contribution in [-0.2, 0) is 28.3 Å². The summed E-state index contributed by atoms with van der Waals surface area (Å²) < 4.78 is 28.3. The zero-order valence-electron chi connectivity index (χ0n) is 11.6. The predicted octanol–water partition coefficient (Wildman–Crippen LogP) is 1.16. The van der Waals surface area contributed by atoms with Gasteiger partial charge in [-0.1, -0.05) is 12.1 Å². The highest BCUT2D eigenvalue weighted by Crippen LogP contribution is 2.17. The third-order valence-electron chi connectivity index (χ3n) is 2.83. The van der Waals surface area contributed by atoms with Crippen molar-refractivity contribution in [2.24, 2.45) is 7.05 Å². The Labute approximate surface area is 122 Å². The molecule has 2 N–H and O–H groups in total. The molecule has 0 fully saturated rings. The van der Waals surface area contributed by atoms with Crippen molar-refractivity contribution in [1.82, 2.24) is 9.78 Å². The number of benzene rings is 1. The molecule has 7 nitrogen and oxygen atoms in total. The summed E-state index contributed by atoms with van der Waals surface area (Å²) in [5.41, 5.74) is 1.24. The molecule has 0 aliphatic rings. The molecule has 0 bridgehead atoms. The van der Waals surface area contributed by atoms with Gasteiger partial charge in [0.05, 0.1) is 17.0 Å². The summed E-state index contributed by atoms with van der Waals surface area (Å²) in [6.45, 7) is 1.76. The molecule has 0 radical (unpaired) electrons. The van der Waals surface area contributed by atoms with Crippen molar-refractivity contribution in [3.8, 4) is 0 Å². The second-order valence-corrected chi connectivity index (χ2v) is 6.30. The van der Waals surface area contributed by atoms with Gasteiger partial charge in [0.25, 0.3) is 10.0 Å². The largest absolute Gasteiger partial charge is 0.481 e. The van der Waals surface area contributed by atoms with Gasteiger partial charge >= 0.3 is 5.97 Å². The minimum absolute atomic E-state index is 0.0653. The van der Waals surface area contributed by atoms with Gasteiger partial charge < -0.3 is 5.11 Å². The summed E-state index contributed by atoms with van der Waals surface area (Å²) in [5.74, 6) is -0.601. The first-order valence-corrected chi connectivity index (χ1v) is 7.60. The molecule has 1 aromatic heterocycles. The second-order valence-electron chi connectivity index (χ2n) is 4.61.